The summed E-state index contributed by atoms with van der Waals surface area (Å²) in [6.45, 7) is 3.40. The fourth-order valence-corrected chi connectivity index (χ4v) is 3.86. The van der Waals surface area contributed by atoms with E-state index in [-0.39, 0.29) is 0 Å². The molecule has 2 N–H and O–H groups in total. The van der Waals surface area contributed by atoms with Gasteiger partial charge < -0.3 is 20.1 Å². The highest BCUT2D eigenvalue weighted by Gasteiger charge is 2.08. The number of fused-ring (bicyclic) bond motifs is 3. The third-order valence-electron chi connectivity index (χ3n) is 4.09. The average Bonchev–Trinajstić information content (AvgIpc) is 3.00. The SMILES string of the molecule is CNCCCOc1ccc2sc3ccc(OCCCNC)cc3c2c1. The van der Waals surface area contributed by atoms with Gasteiger partial charge in [0.1, 0.15) is 11.5 Å². The van der Waals surface area contributed by atoms with Crippen LogP contribution in [0.1, 0.15) is 12.8 Å². The normalized spacial score (nSPS) is 11.3. The third-order valence-corrected chi connectivity index (χ3v) is 5.24. The van der Waals surface area contributed by atoms with Gasteiger partial charge in [-0.05, 0) is 76.4 Å². The lowest BCUT2D eigenvalue weighted by atomic mass is 10.1. The maximum Gasteiger partial charge on any atom is 0.120 e. The monoisotopic (exact) mass is 358 g/mol. The summed E-state index contributed by atoms with van der Waals surface area (Å²) in [5.74, 6) is 1.87. The van der Waals surface area contributed by atoms with Crippen LogP contribution in [0.2, 0.25) is 0 Å². The number of benzene rings is 2. The molecule has 5 heteroatoms. The molecule has 0 aliphatic rings. The minimum Gasteiger partial charge on any atom is -0.494 e. The van der Waals surface area contributed by atoms with Crippen LogP contribution in [0, 0.1) is 0 Å². The fraction of sp³-hybridized carbons (Fsp3) is 0.400. The van der Waals surface area contributed by atoms with Crippen LogP contribution in [0.5, 0.6) is 11.5 Å². The molecule has 2 aromatic carbocycles. The zero-order chi connectivity index (χ0) is 17.5. The molecule has 0 bridgehead atoms. The second-order valence-corrected chi connectivity index (χ2v) is 7.11. The van der Waals surface area contributed by atoms with Gasteiger partial charge in [0.2, 0.25) is 0 Å². The number of ether oxygens (including phenoxy) is 2. The summed E-state index contributed by atoms with van der Waals surface area (Å²) in [7, 11) is 3.92. The van der Waals surface area contributed by atoms with E-state index in [0.29, 0.717) is 0 Å². The van der Waals surface area contributed by atoms with Gasteiger partial charge in [0.15, 0.2) is 0 Å². The number of hydrogen-bond acceptors (Lipinski definition) is 5. The van der Waals surface area contributed by atoms with E-state index in [1.807, 2.05) is 25.4 Å². The van der Waals surface area contributed by atoms with Crippen molar-refractivity contribution in [2.75, 3.05) is 40.4 Å². The average molecular weight is 359 g/mol. The molecule has 25 heavy (non-hydrogen) atoms. The van der Waals surface area contributed by atoms with Crippen LogP contribution in [-0.2, 0) is 0 Å². The van der Waals surface area contributed by atoms with Gasteiger partial charge in [-0.15, -0.1) is 11.3 Å². The molecule has 0 spiro atoms. The van der Waals surface area contributed by atoms with E-state index in [9.17, 15) is 0 Å². The molecule has 3 rings (SSSR count). The van der Waals surface area contributed by atoms with Crippen molar-refractivity contribution >= 4 is 31.5 Å². The second-order valence-electron chi connectivity index (χ2n) is 6.03. The van der Waals surface area contributed by atoms with Gasteiger partial charge in [-0.1, -0.05) is 0 Å². The van der Waals surface area contributed by atoms with Gasteiger partial charge in [-0.3, -0.25) is 0 Å². The molecule has 0 aliphatic carbocycles. The first-order valence-corrected chi connectivity index (χ1v) is 9.64. The number of rotatable bonds is 10. The Balaban J connectivity index is 1.77. The van der Waals surface area contributed by atoms with Crippen LogP contribution < -0.4 is 20.1 Å². The van der Waals surface area contributed by atoms with Crippen LogP contribution in [0.25, 0.3) is 20.2 Å². The highest BCUT2D eigenvalue weighted by Crippen LogP contribution is 2.37. The summed E-state index contributed by atoms with van der Waals surface area (Å²) in [6, 6.07) is 12.7. The molecule has 0 aliphatic heterocycles. The predicted molar refractivity (Wildman–Crippen MR) is 107 cm³/mol. The Morgan fingerprint density at radius 3 is 1.68 bits per heavy atom. The minimum atomic E-state index is 0.730. The van der Waals surface area contributed by atoms with Gasteiger partial charge in [0.25, 0.3) is 0 Å². The molecule has 4 nitrogen and oxygen atoms in total. The maximum atomic E-state index is 5.88. The van der Waals surface area contributed by atoms with Crippen LogP contribution in [-0.4, -0.2) is 40.4 Å². The minimum absolute atomic E-state index is 0.730. The van der Waals surface area contributed by atoms with Crippen molar-refractivity contribution in [3.63, 3.8) is 0 Å². The molecule has 0 atom stereocenters. The molecular formula is C20H26N2O2S. The summed E-state index contributed by atoms with van der Waals surface area (Å²) in [6.07, 6.45) is 2.01. The molecule has 0 fully saturated rings. The van der Waals surface area contributed by atoms with E-state index in [1.54, 1.807) is 0 Å². The van der Waals surface area contributed by atoms with Crippen molar-refractivity contribution in [3.8, 4) is 11.5 Å². The highest BCUT2D eigenvalue weighted by molar-refractivity contribution is 7.25. The van der Waals surface area contributed by atoms with E-state index in [0.717, 1.165) is 50.6 Å². The third kappa shape index (κ3) is 4.63. The Kier molecular flexibility index (Phi) is 6.50. The smallest absolute Gasteiger partial charge is 0.120 e. The van der Waals surface area contributed by atoms with Crippen LogP contribution in [0.3, 0.4) is 0 Å². The van der Waals surface area contributed by atoms with Crippen molar-refractivity contribution in [3.05, 3.63) is 36.4 Å². The lowest BCUT2D eigenvalue weighted by Crippen LogP contribution is -2.11. The number of hydrogen-bond donors (Lipinski definition) is 2. The van der Waals surface area contributed by atoms with E-state index in [1.165, 1.54) is 20.2 Å². The van der Waals surface area contributed by atoms with Crippen molar-refractivity contribution in [1.29, 1.82) is 0 Å². The molecule has 1 aromatic heterocycles. The highest BCUT2D eigenvalue weighted by atomic mass is 32.1. The van der Waals surface area contributed by atoms with E-state index >= 15 is 0 Å². The Labute approximate surface area is 153 Å². The summed E-state index contributed by atoms with van der Waals surface area (Å²) in [5, 5.41) is 8.76. The Bertz CT molecular complexity index is 750. The van der Waals surface area contributed by atoms with E-state index in [2.05, 4.69) is 47.0 Å². The first-order valence-electron chi connectivity index (χ1n) is 8.83. The van der Waals surface area contributed by atoms with Crippen molar-refractivity contribution in [2.45, 2.75) is 12.8 Å². The Morgan fingerprint density at radius 2 is 1.24 bits per heavy atom. The largest absolute Gasteiger partial charge is 0.494 e. The van der Waals surface area contributed by atoms with E-state index in [4.69, 9.17) is 9.47 Å². The Hall–Kier alpha value is -1.82. The molecule has 0 radical (unpaired) electrons. The maximum absolute atomic E-state index is 5.88. The first kappa shape index (κ1) is 18.0. The van der Waals surface area contributed by atoms with Crippen LogP contribution in [0.15, 0.2) is 36.4 Å². The van der Waals surface area contributed by atoms with Gasteiger partial charge in [-0.25, -0.2) is 0 Å². The number of nitrogens with one attached hydrogen (secondary N) is 2. The van der Waals surface area contributed by atoms with Gasteiger partial charge in [0.05, 0.1) is 13.2 Å². The topological polar surface area (TPSA) is 42.5 Å². The van der Waals surface area contributed by atoms with Crippen LogP contribution >= 0.6 is 11.3 Å². The van der Waals surface area contributed by atoms with Crippen LogP contribution in [0.4, 0.5) is 0 Å². The van der Waals surface area contributed by atoms with E-state index < -0.39 is 0 Å². The molecule has 0 saturated heterocycles. The first-order chi connectivity index (χ1) is 12.3. The van der Waals surface area contributed by atoms with Crippen molar-refractivity contribution < 1.29 is 9.47 Å². The fourth-order valence-electron chi connectivity index (χ4n) is 2.79. The lowest BCUT2D eigenvalue weighted by molar-refractivity contribution is 0.310. The second kappa shape index (κ2) is 9.04. The quantitative estimate of drug-likeness (QED) is 0.537. The van der Waals surface area contributed by atoms with Gasteiger partial charge in [0, 0.05) is 20.2 Å². The molecule has 3 aromatic rings. The molecule has 0 amide bonds. The van der Waals surface area contributed by atoms with Gasteiger partial charge in [-0.2, -0.15) is 0 Å². The zero-order valence-corrected chi connectivity index (χ0v) is 15.7. The number of thiophene rings is 1. The molecule has 134 valence electrons. The zero-order valence-electron chi connectivity index (χ0n) is 14.9. The predicted octanol–water partition coefficient (Wildman–Crippen LogP) is 4.03. The van der Waals surface area contributed by atoms with Crippen molar-refractivity contribution in [1.82, 2.24) is 10.6 Å². The summed E-state index contributed by atoms with van der Waals surface area (Å²) in [4.78, 5) is 0. The summed E-state index contributed by atoms with van der Waals surface area (Å²) < 4.78 is 14.3. The molecule has 1 heterocycles. The standard InChI is InChI=1S/C20H26N2O2S/c1-21-9-3-11-23-15-5-7-19-17(13-15)18-14-16(6-8-20(18)25-19)24-12-4-10-22-2/h5-8,13-14,21-22H,3-4,9-12H2,1-2H3. The van der Waals surface area contributed by atoms with Crippen molar-refractivity contribution in [2.24, 2.45) is 0 Å². The Morgan fingerprint density at radius 1 is 0.760 bits per heavy atom. The van der Waals surface area contributed by atoms with Gasteiger partial charge >= 0.3 is 0 Å². The lowest BCUT2D eigenvalue weighted by Gasteiger charge is -2.07. The molecular weight excluding hydrogens is 332 g/mol. The molecule has 0 saturated carbocycles. The summed E-state index contributed by atoms with van der Waals surface area (Å²) >= 11 is 1.81. The summed E-state index contributed by atoms with van der Waals surface area (Å²) in [5.41, 5.74) is 0. The molecule has 0 unspecified atom stereocenters.